The molecule has 3 aliphatic rings. The number of alkyl halides is 6. The summed E-state index contributed by atoms with van der Waals surface area (Å²) in [7, 11) is 0.872. The Morgan fingerprint density at radius 1 is 0.808 bits per heavy atom. The molecule has 0 radical (unpaired) electrons. The predicted octanol–water partition coefficient (Wildman–Crippen LogP) is 7.36. The second-order valence-corrected chi connectivity index (χ2v) is 21.4. The van der Waals surface area contributed by atoms with Crippen molar-refractivity contribution in [3.63, 3.8) is 0 Å². The van der Waals surface area contributed by atoms with E-state index in [1.165, 1.54) is 18.3 Å². The van der Waals surface area contributed by atoms with Gasteiger partial charge in [-0.3, -0.25) is 24.9 Å². The standard InChI is InChI=1S/C53H59Cl2F6N9O8/c1-50(2,52(56,57)58)44(66-49(76)77-5)46(72)64-41(20-31-12-9-30(10-13-31)11-14-32-15-18-43(63-23-32)68-24-34-16-17-35(25-68)70(34)36-28-78-29-36)42(71)27-69(67-47(73)45(65-48(74)75)51(3,4)53(59,60)61)26-37-38(54)21-33(22-39(37)55)40-8-6-7-19-62-40/h6-10,12-13,15,18-19,21-23,34-36,41-42,44-45,65,71H,16-17,20,24-29H2,1-5H3,(H,64,72)(H,66,76)(H,67,73)(H,74,75)/t34?,35?,41-,42-,44+,45+/m0/s1. The van der Waals surface area contributed by atoms with Gasteiger partial charge in [0.15, 0.2) is 0 Å². The van der Waals surface area contributed by atoms with E-state index in [2.05, 4.69) is 42.1 Å². The van der Waals surface area contributed by atoms with Crippen molar-refractivity contribution in [3.05, 3.63) is 111 Å². The third kappa shape index (κ3) is 13.9. The predicted molar refractivity (Wildman–Crippen MR) is 276 cm³/mol. The van der Waals surface area contributed by atoms with Crippen LogP contribution >= 0.6 is 23.2 Å². The van der Waals surface area contributed by atoms with Crippen LogP contribution in [0.3, 0.4) is 0 Å². The molecule has 4 amide bonds. The molecule has 0 aliphatic carbocycles. The number of piperazine rings is 1. The van der Waals surface area contributed by atoms with Gasteiger partial charge in [0.05, 0.1) is 55.0 Å². The van der Waals surface area contributed by atoms with Gasteiger partial charge < -0.3 is 40.5 Å². The molecule has 420 valence electrons. The number of benzene rings is 2. The molecule has 5 heterocycles. The third-order valence-electron chi connectivity index (χ3n) is 14.5. The highest BCUT2D eigenvalue weighted by Crippen LogP contribution is 2.42. The average molecular weight is 1140 g/mol. The first-order valence-electron chi connectivity index (χ1n) is 24.7. The fourth-order valence-corrected chi connectivity index (χ4v) is 10.2. The van der Waals surface area contributed by atoms with Crippen LogP contribution in [0, 0.1) is 22.7 Å². The average Bonchev–Trinajstić information content (AvgIpc) is 3.64. The van der Waals surface area contributed by atoms with E-state index in [9.17, 15) is 55.7 Å². The Bertz CT molecular complexity index is 2820. The number of nitrogens with one attached hydrogen (secondary N) is 4. The molecule has 25 heteroatoms. The van der Waals surface area contributed by atoms with Crippen LogP contribution < -0.4 is 26.3 Å². The number of fused-ring (bicyclic) bond motifs is 2. The smallest absolute Gasteiger partial charge is 0.407 e. The summed E-state index contributed by atoms with van der Waals surface area (Å²) in [6, 6.07) is 13.0. The number of hydrazine groups is 1. The van der Waals surface area contributed by atoms with E-state index in [1.54, 1.807) is 54.0 Å². The second-order valence-electron chi connectivity index (χ2n) is 20.5. The summed E-state index contributed by atoms with van der Waals surface area (Å²) in [5.41, 5.74) is -1.28. The Labute approximate surface area is 456 Å². The summed E-state index contributed by atoms with van der Waals surface area (Å²) < 4.78 is 97.0. The first kappa shape index (κ1) is 59.2. The summed E-state index contributed by atoms with van der Waals surface area (Å²) >= 11 is 13.5. The summed E-state index contributed by atoms with van der Waals surface area (Å²) in [5.74, 6) is 4.01. The van der Waals surface area contributed by atoms with Crippen molar-refractivity contribution in [2.45, 2.75) is 108 Å². The largest absolute Gasteiger partial charge is 0.465 e. The molecule has 17 nitrogen and oxygen atoms in total. The van der Waals surface area contributed by atoms with Crippen molar-refractivity contribution in [2.75, 3.05) is 44.9 Å². The molecule has 7 rings (SSSR count). The zero-order valence-electron chi connectivity index (χ0n) is 43.0. The minimum atomic E-state index is -5.16. The fourth-order valence-electron chi connectivity index (χ4n) is 9.56. The number of aliphatic hydroxyl groups excluding tert-OH is 1. The van der Waals surface area contributed by atoms with Crippen molar-refractivity contribution in [3.8, 4) is 23.1 Å². The number of carbonyl (C=O) groups excluding carboxylic acids is 3. The number of alkyl carbamates (subject to hydrolysis) is 1. The van der Waals surface area contributed by atoms with Gasteiger partial charge in [-0.25, -0.2) is 19.6 Å². The molecule has 0 spiro atoms. The zero-order valence-corrected chi connectivity index (χ0v) is 44.5. The van der Waals surface area contributed by atoms with Gasteiger partial charge in [-0.1, -0.05) is 53.2 Å². The molecule has 2 aromatic heterocycles. The van der Waals surface area contributed by atoms with Crippen LogP contribution in [-0.2, 0) is 32.0 Å². The molecule has 2 bridgehead atoms. The number of ether oxygens (including phenoxy) is 2. The number of hydrogen-bond donors (Lipinski definition) is 6. The van der Waals surface area contributed by atoms with Gasteiger partial charge in [-0.2, -0.15) is 26.3 Å². The molecule has 2 unspecified atom stereocenters. The van der Waals surface area contributed by atoms with Crippen molar-refractivity contribution in [2.24, 2.45) is 10.8 Å². The van der Waals surface area contributed by atoms with Crippen LogP contribution in [0.5, 0.6) is 0 Å². The lowest BCUT2D eigenvalue weighted by Gasteiger charge is -2.47. The minimum absolute atomic E-state index is 0.0436. The van der Waals surface area contributed by atoms with Crippen LogP contribution in [0.25, 0.3) is 11.3 Å². The van der Waals surface area contributed by atoms with Gasteiger partial charge in [0.25, 0.3) is 5.91 Å². The normalized spacial score (nSPS) is 18.6. The summed E-state index contributed by atoms with van der Waals surface area (Å²) in [4.78, 5) is 66.2. The summed E-state index contributed by atoms with van der Waals surface area (Å²) in [5, 5.41) is 28.4. The second kappa shape index (κ2) is 24.3. The van der Waals surface area contributed by atoms with Crippen molar-refractivity contribution < 1.29 is 65.2 Å². The highest BCUT2D eigenvalue weighted by molar-refractivity contribution is 6.36. The topological polar surface area (TPSA) is 211 Å². The van der Waals surface area contributed by atoms with E-state index in [-0.39, 0.29) is 22.0 Å². The number of methoxy groups -OCH3 is 1. The molecule has 6 atom stereocenters. The van der Waals surface area contributed by atoms with E-state index >= 15 is 0 Å². The highest BCUT2D eigenvalue weighted by atomic mass is 35.5. The molecular weight excluding hydrogens is 1080 g/mol. The molecule has 4 aromatic rings. The minimum Gasteiger partial charge on any atom is -0.465 e. The van der Waals surface area contributed by atoms with Gasteiger partial charge in [-0.15, -0.1) is 0 Å². The zero-order chi connectivity index (χ0) is 56.9. The van der Waals surface area contributed by atoms with Crippen LogP contribution in [-0.4, -0.2) is 149 Å². The maximum Gasteiger partial charge on any atom is 0.407 e. The maximum absolute atomic E-state index is 14.6. The Morgan fingerprint density at radius 2 is 1.40 bits per heavy atom. The van der Waals surface area contributed by atoms with Crippen LogP contribution in [0.1, 0.15) is 62.8 Å². The molecule has 78 heavy (non-hydrogen) atoms. The lowest BCUT2D eigenvalue weighted by Crippen LogP contribution is -2.63. The maximum atomic E-state index is 14.6. The number of carboxylic acid groups (broad SMARTS) is 1. The van der Waals surface area contributed by atoms with Crippen LogP contribution in [0.15, 0.2) is 79.1 Å². The Morgan fingerprint density at radius 3 is 1.91 bits per heavy atom. The number of nitrogens with zero attached hydrogens (tertiary/aromatic N) is 5. The van der Waals surface area contributed by atoms with Crippen molar-refractivity contribution >= 4 is 53.0 Å². The molecule has 3 saturated heterocycles. The van der Waals surface area contributed by atoms with Gasteiger partial charge in [-0.05, 0) is 101 Å². The number of rotatable bonds is 18. The van der Waals surface area contributed by atoms with Gasteiger partial charge >= 0.3 is 24.5 Å². The Balaban J connectivity index is 1.17. The number of amides is 4. The first-order chi connectivity index (χ1) is 36.7. The summed E-state index contributed by atoms with van der Waals surface area (Å²) in [6.45, 7) is 4.35. The van der Waals surface area contributed by atoms with E-state index < -0.39 is 84.5 Å². The number of aliphatic hydroxyl groups is 1. The number of aromatic nitrogens is 2. The quantitative estimate of drug-likeness (QED) is 0.0327. The monoisotopic (exact) mass is 1130 g/mol. The van der Waals surface area contributed by atoms with Gasteiger partial charge in [0.2, 0.25) is 5.91 Å². The summed E-state index contributed by atoms with van der Waals surface area (Å²) in [6.07, 6.45) is -10.5. The molecule has 3 fully saturated rings. The van der Waals surface area contributed by atoms with E-state index in [4.69, 9.17) is 32.9 Å². The Hall–Kier alpha value is -6.42. The lowest BCUT2D eigenvalue weighted by atomic mass is 9.82. The third-order valence-corrected chi connectivity index (χ3v) is 15.2. The molecule has 6 N–H and O–H groups in total. The SMILES string of the molecule is COC(=O)N[C@H](C(=O)N[C@@H](Cc1ccc(C#Cc2ccc(N3CC4CCC(C3)N4C3COC3)nc2)cc1)[C@@H](O)CN(Cc1c(Cl)cc(-c2ccccn2)cc1Cl)NC(=O)[C@@H](NC(=O)O)C(C)(C)C(F)(F)F)C(C)(C)C(F)(F)F. The Kier molecular flexibility index (Phi) is 18.5. The fraction of sp³-hybridized carbons (Fsp3) is 0.472. The number of halogens is 8. The van der Waals surface area contributed by atoms with Gasteiger partial charge in [0.1, 0.15) is 17.9 Å². The van der Waals surface area contributed by atoms with Crippen LogP contribution in [0.2, 0.25) is 10.0 Å². The first-order valence-corrected chi connectivity index (χ1v) is 25.5. The molecule has 0 saturated carbocycles. The molecular formula is C53H59Cl2F6N9O8. The number of anilines is 1. The highest BCUT2D eigenvalue weighted by Gasteiger charge is 2.57. The van der Waals surface area contributed by atoms with E-state index in [1.807, 2.05) is 17.4 Å². The number of carbonyl (C=O) groups is 4. The van der Waals surface area contributed by atoms with Crippen molar-refractivity contribution in [1.82, 2.24) is 41.3 Å². The molecule has 2 aromatic carbocycles. The number of hydrogen-bond acceptors (Lipinski definition) is 12. The lowest BCUT2D eigenvalue weighted by molar-refractivity contribution is -0.221. The van der Waals surface area contributed by atoms with Crippen molar-refractivity contribution in [1.29, 1.82) is 0 Å². The van der Waals surface area contributed by atoms with Gasteiger partial charge in [0, 0.05) is 83.0 Å². The van der Waals surface area contributed by atoms with Crippen LogP contribution in [0.4, 0.5) is 41.7 Å². The number of pyridine rings is 2. The van der Waals surface area contributed by atoms with E-state index in [0.29, 0.717) is 73.8 Å². The van der Waals surface area contributed by atoms with E-state index in [0.717, 1.165) is 57.1 Å². The molecule has 3 aliphatic heterocycles.